The summed E-state index contributed by atoms with van der Waals surface area (Å²) in [7, 11) is 3.41. The molecule has 0 aromatic rings. The van der Waals surface area contributed by atoms with Crippen LogP contribution in [-0.4, -0.2) is 64.1 Å². The Morgan fingerprint density at radius 2 is 2.00 bits per heavy atom. The van der Waals surface area contributed by atoms with E-state index in [4.69, 9.17) is 14.7 Å². The van der Waals surface area contributed by atoms with E-state index in [1.165, 1.54) is 0 Å². The van der Waals surface area contributed by atoms with Crippen LogP contribution < -0.4 is 5.32 Å². The fourth-order valence-corrected chi connectivity index (χ4v) is 1.86. The second kappa shape index (κ2) is 11.4. The van der Waals surface area contributed by atoms with Gasteiger partial charge in [-0.2, -0.15) is 5.26 Å². The maximum Gasteiger partial charge on any atom is 0.0965 e. The highest BCUT2D eigenvalue weighted by molar-refractivity contribution is 4.90. The van der Waals surface area contributed by atoms with E-state index in [1.54, 1.807) is 14.2 Å². The van der Waals surface area contributed by atoms with Crippen LogP contribution in [0.3, 0.4) is 0 Å². The topological polar surface area (TPSA) is 57.5 Å². The molecule has 0 aliphatic rings. The number of methoxy groups -OCH3 is 2. The van der Waals surface area contributed by atoms with Crippen LogP contribution in [0.2, 0.25) is 0 Å². The molecule has 0 aromatic heterocycles. The van der Waals surface area contributed by atoms with E-state index in [0.717, 1.165) is 26.1 Å². The first-order valence-corrected chi connectivity index (χ1v) is 6.54. The van der Waals surface area contributed by atoms with Crippen LogP contribution in [0.1, 0.15) is 20.3 Å². The highest BCUT2D eigenvalue weighted by Gasteiger charge is 2.15. The molecule has 18 heavy (non-hydrogen) atoms. The van der Waals surface area contributed by atoms with E-state index >= 15 is 0 Å². The Bertz CT molecular complexity index is 231. The van der Waals surface area contributed by atoms with Crippen molar-refractivity contribution in [3.8, 4) is 6.07 Å². The molecule has 0 aromatic carbocycles. The number of nitrogens with one attached hydrogen (secondary N) is 1. The van der Waals surface area contributed by atoms with E-state index in [9.17, 15) is 0 Å². The van der Waals surface area contributed by atoms with Gasteiger partial charge in [-0.1, -0.05) is 6.92 Å². The summed E-state index contributed by atoms with van der Waals surface area (Å²) in [4.78, 5) is 2.30. The molecule has 0 rings (SSSR count). The number of nitrogens with zero attached hydrogens (tertiary/aromatic N) is 2. The van der Waals surface area contributed by atoms with Crippen molar-refractivity contribution in [2.24, 2.45) is 0 Å². The molecule has 0 heterocycles. The summed E-state index contributed by atoms with van der Waals surface area (Å²) in [6.07, 6.45) is 0.822. The Morgan fingerprint density at radius 3 is 2.50 bits per heavy atom. The Balaban J connectivity index is 4.17. The van der Waals surface area contributed by atoms with Gasteiger partial charge in [0.05, 0.1) is 25.3 Å². The van der Waals surface area contributed by atoms with Crippen molar-refractivity contribution in [3.05, 3.63) is 0 Å². The van der Waals surface area contributed by atoms with E-state index in [0.29, 0.717) is 19.3 Å². The lowest BCUT2D eigenvalue weighted by Crippen LogP contribution is -2.41. The van der Waals surface area contributed by atoms with Crippen molar-refractivity contribution in [1.82, 2.24) is 10.2 Å². The van der Waals surface area contributed by atoms with Crippen LogP contribution in [0.4, 0.5) is 0 Å². The minimum absolute atomic E-state index is 0.0743. The third-order valence-corrected chi connectivity index (χ3v) is 2.93. The van der Waals surface area contributed by atoms with E-state index in [-0.39, 0.29) is 6.04 Å². The van der Waals surface area contributed by atoms with Gasteiger partial charge in [-0.15, -0.1) is 0 Å². The predicted octanol–water partition coefficient (Wildman–Crippen LogP) is 0.861. The molecule has 106 valence electrons. The summed E-state index contributed by atoms with van der Waals surface area (Å²) < 4.78 is 10.3. The van der Waals surface area contributed by atoms with Gasteiger partial charge in [0.25, 0.3) is 0 Å². The zero-order valence-electron chi connectivity index (χ0n) is 12.1. The van der Waals surface area contributed by atoms with Crippen LogP contribution in [0.5, 0.6) is 0 Å². The van der Waals surface area contributed by atoms with Crippen LogP contribution in [-0.2, 0) is 9.47 Å². The third-order valence-electron chi connectivity index (χ3n) is 2.93. The van der Waals surface area contributed by atoms with E-state index in [1.807, 2.05) is 6.92 Å². The van der Waals surface area contributed by atoms with Crippen molar-refractivity contribution in [2.75, 3.05) is 47.1 Å². The minimum atomic E-state index is -0.0743. The van der Waals surface area contributed by atoms with Crippen molar-refractivity contribution in [2.45, 2.75) is 32.4 Å². The van der Waals surface area contributed by atoms with Crippen molar-refractivity contribution in [3.63, 3.8) is 0 Å². The first-order chi connectivity index (χ1) is 8.69. The van der Waals surface area contributed by atoms with Gasteiger partial charge in [0.2, 0.25) is 0 Å². The highest BCUT2D eigenvalue weighted by atomic mass is 16.5. The Morgan fingerprint density at radius 1 is 1.28 bits per heavy atom. The molecule has 0 saturated carbocycles. The number of nitriles is 1. The van der Waals surface area contributed by atoms with Gasteiger partial charge in [0.1, 0.15) is 0 Å². The molecule has 5 nitrogen and oxygen atoms in total. The molecule has 0 bridgehead atoms. The molecule has 0 radical (unpaired) electrons. The predicted molar refractivity (Wildman–Crippen MR) is 72.5 cm³/mol. The number of rotatable bonds is 11. The molecule has 0 spiro atoms. The van der Waals surface area contributed by atoms with Crippen LogP contribution in [0, 0.1) is 11.3 Å². The third kappa shape index (κ3) is 7.62. The lowest BCUT2D eigenvalue weighted by atomic mass is 10.2. The molecule has 0 aliphatic heterocycles. The normalized spacial score (nSPS) is 14.4. The molecular weight excluding hydrogens is 230 g/mol. The molecule has 2 unspecified atom stereocenters. The fraction of sp³-hybridized carbons (Fsp3) is 0.923. The summed E-state index contributed by atoms with van der Waals surface area (Å²) in [6, 6.07) is 2.55. The zero-order chi connectivity index (χ0) is 13.8. The molecule has 5 heteroatoms. The lowest BCUT2D eigenvalue weighted by Gasteiger charge is -2.29. The molecule has 1 N–H and O–H groups in total. The minimum Gasteiger partial charge on any atom is -0.383 e. The van der Waals surface area contributed by atoms with E-state index in [2.05, 4.69) is 23.2 Å². The van der Waals surface area contributed by atoms with Crippen LogP contribution >= 0.6 is 0 Å². The smallest absolute Gasteiger partial charge is 0.0965 e. The summed E-state index contributed by atoms with van der Waals surface area (Å²) in [5, 5.41) is 12.2. The Kier molecular flexibility index (Phi) is 11.0. The first-order valence-electron chi connectivity index (χ1n) is 6.54. The van der Waals surface area contributed by atoms with Crippen LogP contribution in [0.25, 0.3) is 0 Å². The van der Waals surface area contributed by atoms with Gasteiger partial charge < -0.3 is 14.8 Å². The lowest BCUT2D eigenvalue weighted by molar-refractivity contribution is 0.0735. The maximum atomic E-state index is 9.01. The monoisotopic (exact) mass is 257 g/mol. The summed E-state index contributed by atoms with van der Waals surface area (Å²) >= 11 is 0. The molecule has 0 fully saturated rings. The molecule has 2 atom stereocenters. The van der Waals surface area contributed by atoms with Gasteiger partial charge in [-0.25, -0.2) is 0 Å². The van der Waals surface area contributed by atoms with Crippen molar-refractivity contribution in [1.29, 1.82) is 5.26 Å². The standard InChI is InChI=1S/C13H27N3O2/c1-5-15-13(10-14)6-7-16(8-9-17-3)12(2)11-18-4/h12-13,15H,5-9,11H2,1-4H3. The van der Waals surface area contributed by atoms with Gasteiger partial charge in [-0.3, -0.25) is 4.90 Å². The average molecular weight is 257 g/mol. The second-order valence-electron chi connectivity index (χ2n) is 4.36. The van der Waals surface area contributed by atoms with Crippen molar-refractivity contribution >= 4 is 0 Å². The second-order valence-corrected chi connectivity index (χ2v) is 4.36. The SMILES string of the molecule is CCNC(C#N)CCN(CCOC)C(C)COC. The quantitative estimate of drug-likeness (QED) is 0.595. The van der Waals surface area contributed by atoms with E-state index < -0.39 is 0 Å². The Labute approximate surface area is 111 Å². The zero-order valence-corrected chi connectivity index (χ0v) is 12.1. The largest absolute Gasteiger partial charge is 0.383 e. The van der Waals surface area contributed by atoms with Gasteiger partial charge in [-0.05, 0) is 19.9 Å². The summed E-state index contributed by atoms with van der Waals surface area (Å²) in [5.74, 6) is 0. The molecule has 0 amide bonds. The number of ether oxygens (including phenoxy) is 2. The van der Waals surface area contributed by atoms with Gasteiger partial charge >= 0.3 is 0 Å². The van der Waals surface area contributed by atoms with Crippen molar-refractivity contribution < 1.29 is 9.47 Å². The first kappa shape index (κ1) is 17.3. The van der Waals surface area contributed by atoms with Crippen LogP contribution in [0.15, 0.2) is 0 Å². The Hall–Kier alpha value is -0.670. The summed E-state index contributed by atoms with van der Waals surface area (Å²) in [5.41, 5.74) is 0. The number of hydrogen-bond acceptors (Lipinski definition) is 5. The van der Waals surface area contributed by atoms with Gasteiger partial charge in [0, 0.05) is 33.4 Å². The fourth-order valence-electron chi connectivity index (χ4n) is 1.86. The van der Waals surface area contributed by atoms with Gasteiger partial charge in [0.15, 0.2) is 0 Å². The molecule has 0 saturated heterocycles. The number of hydrogen-bond donors (Lipinski definition) is 1. The maximum absolute atomic E-state index is 9.01. The molecule has 0 aliphatic carbocycles. The average Bonchev–Trinajstić information content (AvgIpc) is 2.37. The highest BCUT2D eigenvalue weighted by Crippen LogP contribution is 2.03. The summed E-state index contributed by atoms with van der Waals surface area (Å²) in [6.45, 7) is 8.11. The molecular formula is C13H27N3O2.